The van der Waals surface area contributed by atoms with Crippen LogP contribution in [0.1, 0.15) is 23.6 Å². The van der Waals surface area contributed by atoms with Crippen molar-refractivity contribution >= 4 is 39.9 Å². The van der Waals surface area contributed by atoms with Gasteiger partial charge in [0.2, 0.25) is 5.91 Å². The summed E-state index contributed by atoms with van der Waals surface area (Å²) in [6, 6.07) is 13.8. The molecule has 0 atom stereocenters. The van der Waals surface area contributed by atoms with Gasteiger partial charge in [0.25, 0.3) is 0 Å². The van der Waals surface area contributed by atoms with Crippen molar-refractivity contribution in [3.8, 4) is 0 Å². The molecule has 3 rings (SSSR count). The zero-order valence-electron chi connectivity index (χ0n) is 14.5. The Morgan fingerprint density at radius 3 is 2.40 bits per heavy atom. The molecule has 0 radical (unpaired) electrons. The van der Waals surface area contributed by atoms with Gasteiger partial charge >= 0.3 is 0 Å². The highest BCUT2D eigenvalue weighted by Crippen LogP contribution is 2.25. The van der Waals surface area contributed by atoms with Crippen molar-refractivity contribution in [2.45, 2.75) is 20.8 Å². The number of carbonyl (C=O) groups excluding carboxylic acids is 1. The van der Waals surface area contributed by atoms with Gasteiger partial charge in [0.05, 0.1) is 11.4 Å². The lowest BCUT2D eigenvalue weighted by atomic mass is 10.1. The van der Waals surface area contributed by atoms with Crippen LogP contribution >= 0.6 is 11.8 Å². The van der Waals surface area contributed by atoms with E-state index < -0.39 is 0 Å². The fourth-order valence-electron chi connectivity index (χ4n) is 2.55. The number of carbonyl (C=O) groups is 1. The molecule has 2 N–H and O–H groups in total. The molecule has 0 aliphatic carbocycles. The van der Waals surface area contributed by atoms with Gasteiger partial charge in [0, 0.05) is 18.4 Å². The zero-order chi connectivity index (χ0) is 17.8. The molecule has 0 unspecified atom stereocenters. The van der Waals surface area contributed by atoms with Gasteiger partial charge in [0.15, 0.2) is 5.17 Å². The lowest BCUT2D eigenvalue weighted by Gasteiger charge is -2.16. The average Bonchev–Trinajstić information content (AvgIpc) is 2.59. The second-order valence-electron chi connectivity index (χ2n) is 5.87. The van der Waals surface area contributed by atoms with Crippen LogP contribution in [0.15, 0.2) is 52.6 Å². The minimum absolute atomic E-state index is 0.0765. The smallest absolute Gasteiger partial charge is 0.221 e. The lowest BCUT2D eigenvalue weighted by Crippen LogP contribution is -2.25. The second-order valence-corrected chi connectivity index (χ2v) is 6.84. The molecule has 1 amide bonds. The van der Waals surface area contributed by atoms with E-state index in [9.17, 15) is 4.79 Å². The first-order chi connectivity index (χ1) is 12.0. The van der Waals surface area contributed by atoms with Crippen molar-refractivity contribution in [3.63, 3.8) is 0 Å². The highest BCUT2D eigenvalue weighted by molar-refractivity contribution is 8.14. The van der Waals surface area contributed by atoms with Crippen LogP contribution in [-0.2, 0) is 4.79 Å². The second kappa shape index (κ2) is 7.53. The maximum atomic E-state index is 11.1. The summed E-state index contributed by atoms with van der Waals surface area (Å²) in [6.07, 6.45) is 0. The van der Waals surface area contributed by atoms with Crippen molar-refractivity contribution < 1.29 is 4.79 Å². The van der Waals surface area contributed by atoms with Crippen LogP contribution in [0.25, 0.3) is 0 Å². The largest absolute Gasteiger partial charge is 0.326 e. The van der Waals surface area contributed by atoms with E-state index >= 15 is 0 Å². The molecule has 0 fully saturated rings. The first-order valence-corrected chi connectivity index (χ1v) is 9.00. The van der Waals surface area contributed by atoms with Crippen LogP contribution in [-0.4, -0.2) is 22.5 Å². The molecule has 0 aromatic heterocycles. The summed E-state index contributed by atoms with van der Waals surface area (Å²) in [6.45, 7) is 5.62. The SMILES string of the molecule is CC(=O)Nc1ccc(C2=NNC(=Nc3c(C)cccc3C)SC2)cc1. The Morgan fingerprint density at radius 2 is 1.84 bits per heavy atom. The molecule has 5 nitrogen and oxygen atoms in total. The summed E-state index contributed by atoms with van der Waals surface area (Å²) in [7, 11) is 0. The van der Waals surface area contributed by atoms with Gasteiger partial charge in [0.1, 0.15) is 0 Å². The van der Waals surface area contributed by atoms with E-state index in [-0.39, 0.29) is 5.91 Å². The molecule has 0 bridgehead atoms. The van der Waals surface area contributed by atoms with Crippen LogP contribution in [0.4, 0.5) is 11.4 Å². The maximum absolute atomic E-state index is 11.1. The minimum atomic E-state index is -0.0765. The third-order valence-corrected chi connectivity index (χ3v) is 4.70. The molecular weight excluding hydrogens is 332 g/mol. The fraction of sp³-hybridized carbons (Fsp3) is 0.211. The number of hydrazone groups is 1. The number of benzene rings is 2. The standard InChI is InChI=1S/C19H20N4OS/c1-12-5-4-6-13(2)18(12)21-19-23-22-17(11-25-19)15-7-9-16(10-8-15)20-14(3)24/h4-10H,11H2,1-3H3,(H,20,24)(H,21,23). The number of anilines is 1. The number of para-hydroxylation sites is 1. The third kappa shape index (κ3) is 4.28. The molecule has 2 aromatic carbocycles. The van der Waals surface area contributed by atoms with E-state index in [0.717, 1.165) is 44.7 Å². The molecule has 1 aliphatic rings. The van der Waals surface area contributed by atoms with Crippen LogP contribution < -0.4 is 10.7 Å². The third-order valence-electron chi connectivity index (χ3n) is 3.82. The van der Waals surface area contributed by atoms with E-state index in [1.165, 1.54) is 6.92 Å². The fourth-order valence-corrected chi connectivity index (χ4v) is 3.33. The number of thioether (sulfide) groups is 1. The first-order valence-electron chi connectivity index (χ1n) is 8.01. The highest BCUT2D eigenvalue weighted by atomic mass is 32.2. The minimum Gasteiger partial charge on any atom is -0.326 e. The quantitative estimate of drug-likeness (QED) is 0.878. The van der Waals surface area contributed by atoms with Crippen molar-refractivity contribution in [1.29, 1.82) is 0 Å². The molecule has 6 heteroatoms. The van der Waals surface area contributed by atoms with Gasteiger partial charge in [-0.3, -0.25) is 10.2 Å². The van der Waals surface area contributed by atoms with Crippen LogP contribution in [0, 0.1) is 13.8 Å². The van der Waals surface area contributed by atoms with Gasteiger partial charge in [-0.25, -0.2) is 4.99 Å². The van der Waals surface area contributed by atoms with Crippen molar-refractivity contribution in [2.24, 2.45) is 10.1 Å². The summed E-state index contributed by atoms with van der Waals surface area (Å²) in [5, 5.41) is 8.02. The number of nitrogens with one attached hydrogen (secondary N) is 2. The molecule has 0 spiro atoms. The summed E-state index contributed by atoms with van der Waals surface area (Å²) >= 11 is 1.63. The number of amidine groups is 1. The Morgan fingerprint density at radius 1 is 1.16 bits per heavy atom. The summed E-state index contributed by atoms with van der Waals surface area (Å²) < 4.78 is 0. The number of nitrogens with zero attached hydrogens (tertiary/aromatic N) is 2. The molecule has 0 saturated carbocycles. The van der Waals surface area contributed by atoms with Gasteiger partial charge < -0.3 is 5.32 Å². The molecule has 0 saturated heterocycles. The number of hydrogen-bond acceptors (Lipinski definition) is 4. The van der Waals surface area contributed by atoms with Crippen LogP contribution in [0.3, 0.4) is 0 Å². The van der Waals surface area contributed by atoms with Gasteiger partial charge in [-0.1, -0.05) is 42.1 Å². The monoisotopic (exact) mass is 352 g/mol. The van der Waals surface area contributed by atoms with E-state index in [2.05, 4.69) is 41.8 Å². The lowest BCUT2D eigenvalue weighted by molar-refractivity contribution is -0.114. The predicted molar refractivity (Wildman–Crippen MR) is 106 cm³/mol. The van der Waals surface area contributed by atoms with E-state index in [4.69, 9.17) is 4.99 Å². The topological polar surface area (TPSA) is 65.8 Å². The number of hydrogen-bond donors (Lipinski definition) is 2. The average molecular weight is 352 g/mol. The van der Waals surface area contributed by atoms with Crippen molar-refractivity contribution in [1.82, 2.24) is 5.43 Å². The molecular formula is C19H20N4OS. The zero-order valence-corrected chi connectivity index (χ0v) is 15.3. The van der Waals surface area contributed by atoms with Crippen LogP contribution in [0.5, 0.6) is 0 Å². The highest BCUT2D eigenvalue weighted by Gasteiger charge is 2.14. The van der Waals surface area contributed by atoms with Gasteiger partial charge in [-0.2, -0.15) is 5.10 Å². The predicted octanol–water partition coefficient (Wildman–Crippen LogP) is 3.99. The molecule has 25 heavy (non-hydrogen) atoms. The van der Waals surface area contributed by atoms with Gasteiger partial charge in [-0.15, -0.1) is 0 Å². The van der Waals surface area contributed by atoms with E-state index in [0.29, 0.717) is 0 Å². The Balaban J connectivity index is 1.74. The molecule has 1 heterocycles. The number of aliphatic imine (C=N–C) groups is 1. The number of amides is 1. The Bertz CT molecular complexity index is 836. The Hall–Kier alpha value is -2.60. The summed E-state index contributed by atoms with van der Waals surface area (Å²) in [4.78, 5) is 15.8. The number of rotatable bonds is 3. The summed E-state index contributed by atoms with van der Waals surface area (Å²) in [5.41, 5.74) is 9.12. The van der Waals surface area contributed by atoms with Crippen LogP contribution in [0.2, 0.25) is 0 Å². The first kappa shape index (κ1) is 17.2. The van der Waals surface area contributed by atoms with Gasteiger partial charge in [-0.05, 0) is 42.7 Å². The molecule has 2 aromatic rings. The van der Waals surface area contributed by atoms with Crippen molar-refractivity contribution in [2.75, 3.05) is 11.1 Å². The Kier molecular flexibility index (Phi) is 5.19. The summed E-state index contributed by atoms with van der Waals surface area (Å²) in [5.74, 6) is 0.670. The molecule has 1 aliphatic heterocycles. The maximum Gasteiger partial charge on any atom is 0.221 e. The van der Waals surface area contributed by atoms with E-state index in [1.54, 1.807) is 11.8 Å². The number of aryl methyl sites for hydroxylation is 2. The Labute approximate surface area is 151 Å². The van der Waals surface area contributed by atoms with E-state index in [1.807, 2.05) is 30.3 Å². The normalized spacial score (nSPS) is 15.5. The molecule has 128 valence electrons. The van der Waals surface area contributed by atoms with Crippen molar-refractivity contribution in [3.05, 3.63) is 59.2 Å².